The second-order valence-corrected chi connectivity index (χ2v) is 2.79. The Morgan fingerprint density at radius 2 is 2.13 bits per heavy atom. The fourth-order valence-electron chi connectivity index (χ4n) is 1.22. The third-order valence-corrected chi connectivity index (χ3v) is 1.86. The maximum atomic E-state index is 10.5. The van der Waals surface area contributed by atoms with Crippen LogP contribution in [0, 0.1) is 6.92 Å². The van der Waals surface area contributed by atoms with Gasteiger partial charge in [0.25, 0.3) is 0 Å². The Bertz CT molecular complexity index is 481. The van der Waals surface area contributed by atoms with Crippen LogP contribution in [0.3, 0.4) is 0 Å². The number of rotatable bonds is 1. The number of aliphatic hydroxyl groups is 1. The van der Waals surface area contributed by atoms with E-state index in [1.807, 2.05) is 0 Å². The number of aldehydes is 1. The quantitative estimate of drug-likeness (QED) is 0.489. The van der Waals surface area contributed by atoms with Crippen molar-refractivity contribution in [3.05, 3.63) is 23.7 Å². The summed E-state index contributed by atoms with van der Waals surface area (Å²) in [4.78, 5) is 10.5. The van der Waals surface area contributed by atoms with E-state index in [2.05, 4.69) is 10.2 Å². The number of carbonyl (C=O) groups is 1. The topological polar surface area (TPSA) is 67.5 Å². The molecule has 0 spiro atoms. The molecule has 6 heteroatoms. The second kappa shape index (κ2) is 4.70. The zero-order valence-corrected chi connectivity index (χ0v) is 8.51. The summed E-state index contributed by atoms with van der Waals surface area (Å²) in [5, 5.41) is 14.7. The molecule has 76 valence electrons. The van der Waals surface area contributed by atoms with Crippen LogP contribution in [0.25, 0.3) is 5.65 Å². The Kier molecular flexibility index (Phi) is 3.57. The van der Waals surface area contributed by atoms with Crippen LogP contribution in [0.1, 0.15) is 16.2 Å². The van der Waals surface area contributed by atoms with Crippen LogP contribution in [0.15, 0.2) is 12.3 Å². The van der Waals surface area contributed by atoms with Crippen LogP contribution in [-0.4, -0.2) is 40.9 Å². The molecule has 2 rings (SSSR count). The molecule has 0 atom stereocenters. The van der Waals surface area contributed by atoms with Crippen molar-refractivity contribution in [2.45, 2.75) is 6.92 Å². The van der Waals surface area contributed by atoms with E-state index in [0.29, 0.717) is 22.5 Å². The highest BCUT2D eigenvalue weighted by Crippen LogP contribution is 2.01. The van der Waals surface area contributed by atoms with Crippen LogP contribution in [0.5, 0.6) is 0 Å². The standard InChI is InChI=1S/C8H6BN3O.CH4O/c1-5-10-11-8-7(9)2-6(4-13)3-12(5)8;1-2/h2-4H,1H3;2H,1H3. The number of nitrogens with zero attached hydrogens (tertiary/aromatic N) is 3. The lowest BCUT2D eigenvalue weighted by Gasteiger charge is -1.99. The highest BCUT2D eigenvalue weighted by Gasteiger charge is 2.04. The summed E-state index contributed by atoms with van der Waals surface area (Å²) in [6, 6.07) is 1.58. The smallest absolute Gasteiger partial charge is 0.153 e. The molecule has 0 aromatic carbocycles. The molecule has 1 N–H and O–H groups in total. The molecule has 2 aromatic rings. The molecule has 2 heterocycles. The van der Waals surface area contributed by atoms with Gasteiger partial charge in [0, 0.05) is 18.9 Å². The number of hydrogen-bond acceptors (Lipinski definition) is 4. The van der Waals surface area contributed by atoms with Gasteiger partial charge in [-0.1, -0.05) is 11.5 Å². The number of aryl methyl sites for hydroxylation is 1. The van der Waals surface area contributed by atoms with Crippen LogP contribution in [0.2, 0.25) is 0 Å². The van der Waals surface area contributed by atoms with Crippen molar-refractivity contribution in [2.75, 3.05) is 7.11 Å². The molecule has 0 bridgehead atoms. The predicted molar refractivity (Wildman–Crippen MR) is 56.6 cm³/mol. The molecule has 0 amide bonds. The normalized spacial score (nSPS) is 9.53. The first kappa shape index (κ1) is 11.4. The van der Waals surface area contributed by atoms with Crippen molar-refractivity contribution in [3.63, 3.8) is 0 Å². The predicted octanol–water partition coefficient (Wildman–Crippen LogP) is -0.747. The first-order valence-corrected chi connectivity index (χ1v) is 4.23. The minimum Gasteiger partial charge on any atom is -0.400 e. The molecule has 15 heavy (non-hydrogen) atoms. The van der Waals surface area contributed by atoms with Gasteiger partial charge in [-0.3, -0.25) is 9.20 Å². The summed E-state index contributed by atoms with van der Waals surface area (Å²) in [6.07, 6.45) is 2.41. The van der Waals surface area contributed by atoms with Gasteiger partial charge >= 0.3 is 0 Å². The molecule has 0 aliphatic carbocycles. The molecule has 5 nitrogen and oxygen atoms in total. The molecule has 0 unspecified atom stereocenters. The molecule has 0 saturated carbocycles. The average Bonchev–Trinajstić information content (AvgIpc) is 2.64. The van der Waals surface area contributed by atoms with Crippen molar-refractivity contribution in [1.82, 2.24) is 14.6 Å². The Morgan fingerprint density at radius 3 is 2.73 bits per heavy atom. The molecule has 0 saturated heterocycles. The fourth-order valence-corrected chi connectivity index (χ4v) is 1.22. The van der Waals surface area contributed by atoms with Crippen molar-refractivity contribution >= 4 is 25.2 Å². The van der Waals surface area contributed by atoms with Crippen LogP contribution >= 0.6 is 0 Å². The molecule has 2 radical (unpaired) electrons. The number of pyridine rings is 1. The third kappa shape index (κ3) is 2.04. The zero-order chi connectivity index (χ0) is 11.4. The minimum atomic E-state index is 0.463. The van der Waals surface area contributed by atoms with Crippen LogP contribution in [-0.2, 0) is 0 Å². The lowest BCUT2D eigenvalue weighted by Crippen LogP contribution is -2.09. The van der Waals surface area contributed by atoms with Gasteiger partial charge in [0.2, 0.25) is 0 Å². The van der Waals surface area contributed by atoms with E-state index in [4.69, 9.17) is 13.0 Å². The molecule has 0 aliphatic heterocycles. The SMILES string of the molecule is CO.[B]c1cc(C=O)cn2c(C)nnc12. The average molecular weight is 203 g/mol. The summed E-state index contributed by atoms with van der Waals surface area (Å²) < 4.78 is 1.69. The Morgan fingerprint density at radius 1 is 1.47 bits per heavy atom. The van der Waals surface area contributed by atoms with Gasteiger partial charge < -0.3 is 5.11 Å². The zero-order valence-electron chi connectivity index (χ0n) is 8.51. The number of aliphatic hydroxyl groups excluding tert-OH is 1. The van der Waals surface area contributed by atoms with Gasteiger partial charge in [0.05, 0.1) is 0 Å². The summed E-state index contributed by atoms with van der Waals surface area (Å²) in [6.45, 7) is 1.80. The lowest BCUT2D eigenvalue weighted by atomic mass is 9.96. The van der Waals surface area contributed by atoms with E-state index < -0.39 is 0 Å². The van der Waals surface area contributed by atoms with E-state index in [1.54, 1.807) is 23.6 Å². The number of fused-ring (bicyclic) bond motifs is 1. The molecular weight excluding hydrogens is 193 g/mol. The highest BCUT2D eigenvalue weighted by atomic mass is 16.2. The summed E-state index contributed by atoms with van der Waals surface area (Å²) in [7, 11) is 6.66. The van der Waals surface area contributed by atoms with Gasteiger partial charge in [-0.2, -0.15) is 0 Å². The Balaban J connectivity index is 0.000000531. The number of carbonyl (C=O) groups excluding carboxylic acids is 1. The molecule has 0 aliphatic rings. The maximum absolute atomic E-state index is 10.5. The van der Waals surface area contributed by atoms with Gasteiger partial charge in [-0.05, 0) is 6.92 Å². The van der Waals surface area contributed by atoms with Crippen molar-refractivity contribution in [2.24, 2.45) is 0 Å². The van der Waals surface area contributed by atoms with Crippen molar-refractivity contribution in [1.29, 1.82) is 0 Å². The number of aromatic nitrogens is 3. The summed E-state index contributed by atoms with van der Waals surface area (Å²) in [5.74, 6) is 0.713. The van der Waals surface area contributed by atoms with E-state index in [-0.39, 0.29) is 0 Å². The highest BCUT2D eigenvalue weighted by molar-refractivity contribution is 6.36. The Hall–Kier alpha value is -1.69. The third-order valence-electron chi connectivity index (χ3n) is 1.86. The van der Waals surface area contributed by atoms with E-state index >= 15 is 0 Å². The van der Waals surface area contributed by atoms with Gasteiger partial charge in [0.1, 0.15) is 13.7 Å². The minimum absolute atomic E-state index is 0.463. The van der Waals surface area contributed by atoms with Gasteiger partial charge in [0.15, 0.2) is 11.9 Å². The molecule has 0 fully saturated rings. The van der Waals surface area contributed by atoms with E-state index in [1.165, 1.54) is 0 Å². The first-order valence-electron chi connectivity index (χ1n) is 4.23. The maximum Gasteiger partial charge on any atom is 0.153 e. The van der Waals surface area contributed by atoms with Crippen molar-refractivity contribution in [3.8, 4) is 0 Å². The molecule has 2 aromatic heterocycles. The largest absolute Gasteiger partial charge is 0.400 e. The second-order valence-electron chi connectivity index (χ2n) is 2.79. The van der Waals surface area contributed by atoms with Crippen molar-refractivity contribution < 1.29 is 9.90 Å². The van der Waals surface area contributed by atoms with E-state index in [0.717, 1.165) is 13.4 Å². The fraction of sp³-hybridized carbons (Fsp3) is 0.222. The molecular formula is C9H10BN3O2. The summed E-state index contributed by atoms with van der Waals surface area (Å²) in [5.41, 5.74) is 1.57. The number of hydrogen-bond donors (Lipinski definition) is 1. The van der Waals surface area contributed by atoms with E-state index in [9.17, 15) is 4.79 Å². The van der Waals surface area contributed by atoms with Gasteiger partial charge in [-0.15, -0.1) is 10.2 Å². The first-order chi connectivity index (χ1) is 7.22. The summed E-state index contributed by atoms with van der Waals surface area (Å²) >= 11 is 0. The van der Waals surface area contributed by atoms with Crippen LogP contribution in [0.4, 0.5) is 0 Å². The Labute approximate surface area is 88.2 Å². The van der Waals surface area contributed by atoms with Gasteiger partial charge in [-0.25, -0.2) is 0 Å². The van der Waals surface area contributed by atoms with Crippen LogP contribution < -0.4 is 5.46 Å². The lowest BCUT2D eigenvalue weighted by molar-refractivity contribution is 0.112. The monoisotopic (exact) mass is 203 g/mol.